The first-order valence-corrected chi connectivity index (χ1v) is 8.16. The maximum atomic E-state index is 13.1. The van der Waals surface area contributed by atoms with Gasteiger partial charge >= 0.3 is 6.01 Å². The monoisotopic (exact) mass is 342 g/mol. The molecule has 0 spiro atoms. The Morgan fingerprint density at radius 3 is 2.60 bits per heavy atom. The van der Waals surface area contributed by atoms with Gasteiger partial charge in [-0.15, -0.1) is 0 Å². The number of likely N-dealkylation sites (tertiary alicyclic amines) is 1. The van der Waals surface area contributed by atoms with Crippen LogP contribution < -0.4 is 4.74 Å². The summed E-state index contributed by atoms with van der Waals surface area (Å²) in [5.74, 6) is 0.0138. The molecule has 0 saturated carbocycles. The zero-order chi connectivity index (χ0) is 17.9. The Morgan fingerprint density at radius 2 is 2.00 bits per heavy atom. The molecule has 2 aromatic rings. The van der Waals surface area contributed by atoms with E-state index in [4.69, 9.17) is 4.74 Å². The van der Waals surface area contributed by atoms with Crippen molar-refractivity contribution in [2.75, 3.05) is 27.7 Å². The molecule has 1 aliphatic heterocycles. The van der Waals surface area contributed by atoms with Crippen molar-refractivity contribution in [3.63, 3.8) is 0 Å². The molecular formula is C17H22N6O2. The zero-order valence-corrected chi connectivity index (χ0v) is 14.7. The second kappa shape index (κ2) is 7.10. The predicted molar refractivity (Wildman–Crippen MR) is 90.6 cm³/mol. The first kappa shape index (κ1) is 17.2. The fourth-order valence-electron chi connectivity index (χ4n) is 3.36. The number of ether oxygens (including phenoxy) is 1. The number of likely N-dealkylation sites (N-methyl/N-ethyl adjacent to an activating group) is 1. The number of rotatable bonds is 5. The molecule has 0 radical (unpaired) electrons. The molecule has 0 bridgehead atoms. The van der Waals surface area contributed by atoms with Gasteiger partial charge in [-0.05, 0) is 19.4 Å². The van der Waals surface area contributed by atoms with E-state index in [-0.39, 0.29) is 5.91 Å². The third kappa shape index (κ3) is 3.17. The summed E-state index contributed by atoms with van der Waals surface area (Å²) in [7, 11) is 5.07. The van der Waals surface area contributed by atoms with Crippen molar-refractivity contribution in [1.82, 2.24) is 29.7 Å². The summed E-state index contributed by atoms with van der Waals surface area (Å²) in [4.78, 5) is 33.8. The van der Waals surface area contributed by atoms with Gasteiger partial charge in [0.2, 0.25) is 5.91 Å². The standard InChI is InChI=1S/C17H22N6O2/c1-22(2)15(24)17(14-11-18-6-7-19-14)5-4-8-23(17)12-13-9-20-16(25-3)21-10-13/h6-7,9-11H,4-5,8,12H2,1-3H3/t17-/m0/s1. The van der Waals surface area contributed by atoms with Gasteiger partial charge in [0.1, 0.15) is 5.54 Å². The minimum atomic E-state index is -0.808. The molecule has 3 rings (SSSR count). The average molecular weight is 342 g/mol. The molecule has 1 aliphatic rings. The summed E-state index contributed by atoms with van der Waals surface area (Å²) >= 11 is 0. The number of nitrogens with zero attached hydrogens (tertiary/aromatic N) is 6. The molecule has 0 aliphatic carbocycles. The highest BCUT2D eigenvalue weighted by Gasteiger charge is 2.50. The van der Waals surface area contributed by atoms with Crippen LogP contribution in [0.3, 0.4) is 0 Å². The van der Waals surface area contributed by atoms with Gasteiger partial charge in [0.15, 0.2) is 0 Å². The zero-order valence-electron chi connectivity index (χ0n) is 14.7. The lowest BCUT2D eigenvalue weighted by Gasteiger charge is -2.38. The number of amides is 1. The van der Waals surface area contributed by atoms with Crippen LogP contribution in [0.2, 0.25) is 0 Å². The van der Waals surface area contributed by atoms with Gasteiger partial charge in [0, 0.05) is 51.0 Å². The van der Waals surface area contributed by atoms with Crippen LogP contribution in [0, 0.1) is 0 Å². The Balaban J connectivity index is 1.96. The molecule has 0 aromatic carbocycles. The molecular weight excluding hydrogens is 320 g/mol. The number of hydrogen-bond donors (Lipinski definition) is 0. The summed E-state index contributed by atoms with van der Waals surface area (Å²) in [6.45, 7) is 1.35. The predicted octanol–water partition coefficient (Wildman–Crippen LogP) is 0.855. The maximum absolute atomic E-state index is 13.1. The van der Waals surface area contributed by atoms with Crippen LogP contribution in [0.1, 0.15) is 24.1 Å². The van der Waals surface area contributed by atoms with Crippen LogP contribution in [-0.4, -0.2) is 63.4 Å². The van der Waals surface area contributed by atoms with Crippen LogP contribution in [0.25, 0.3) is 0 Å². The molecule has 0 unspecified atom stereocenters. The van der Waals surface area contributed by atoms with Crippen LogP contribution in [0.5, 0.6) is 6.01 Å². The van der Waals surface area contributed by atoms with E-state index in [0.29, 0.717) is 24.7 Å². The Morgan fingerprint density at radius 1 is 1.24 bits per heavy atom. The Hall–Kier alpha value is -2.61. The minimum absolute atomic E-state index is 0.0138. The third-order valence-electron chi connectivity index (χ3n) is 4.49. The van der Waals surface area contributed by atoms with Crippen LogP contribution in [0.15, 0.2) is 31.0 Å². The highest BCUT2D eigenvalue weighted by molar-refractivity contribution is 5.87. The van der Waals surface area contributed by atoms with Gasteiger partial charge in [-0.1, -0.05) is 0 Å². The largest absolute Gasteiger partial charge is 0.467 e. The lowest BCUT2D eigenvalue weighted by molar-refractivity contribution is -0.141. The van der Waals surface area contributed by atoms with E-state index in [9.17, 15) is 4.79 Å². The molecule has 1 amide bonds. The number of methoxy groups -OCH3 is 1. The Bertz CT molecular complexity index is 722. The minimum Gasteiger partial charge on any atom is -0.467 e. The normalized spacial score (nSPS) is 20.4. The van der Waals surface area contributed by atoms with E-state index >= 15 is 0 Å². The first-order valence-electron chi connectivity index (χ1n) is 8.16. The summed E-state index contributed by atoms with van der Waals surface area (Å²) < 4.78 is 5.00. The van der Waals surface area contributed by atoms with E-state index < -0.39 is 5.54 Å². The molecule has 8 nitrogen and oxygen atoms in total. The molecule has 0 N–H and O–H groups in total. The second-order valence-electron chi connectivity index (χ2n) is 6.25. The van der Waals surface area contributed by atoms with Gasteiger partial charge in [-0.25, -0.2) is 9.97 Å². The van der Waals surface area contributed by atoms with Crippen molar-refractivity contribution in [3.05, 3.63) is 42.2 Å². The van der Waals surface area contributed by atoms with Gasteiger partial charge < -0.3 is 9.64 Å². The smallest absolute Gasteiger partial charge is 0.316 e. The van der Waals surface area contributed by atoms with E-state index in [1.165, 1.54) is 7.11 Å². The van der Waals surface area contributed by atoms with E-state index in [1.807, 2.05) is 0 Å². The highest BCUT2D eigenvalue weighted by atomic mass is 16.5. The molecule has 2 aromatic heterocycles. The van der Waals surface area contributed by atoms with Gasteiger partial charge in [0.25, 0.3) is 0 Å². The lowest BCUT2D eigenvalue weighted by Crippen LogP contribution is -2.52. The van der Waals surface area contributed by atoms with Crippen LogP contribution in [0.4, 0.5) is 0 Å². The topological polar surface area (TPSA) is 84.3 Å². The van der Waals surface area contributed by atoms with Crippen molar-refractivity contribution in [2.24, 2.45) is 0 Å². The second-order valence-corrected chi connectivity index (χ2v) is 6.25. The molecule has 25 heavy (non-hydrogen) atoms. The Kier molecular flexibility index (Phi) is 4.89. The number of hydrogen-bond acceptors (Lipinski definition) is 7. The number of carbonyl (C=O) groups excluding carboxylic acids is 1. The number of aromatic nitrogens is 4. The van der Waals surface area contributed by atoms with Crippen LogP contribution >= 0.6 is 0 Å². The fraction of sp³-hybridized carbons (Fsp3) is 0.471. The molecule has 132 valence electrons. The van der Waals surface area contributed by atoms with E-state index in [2.05, 4.69) is 24.8 Å². The molecule has 8 heteroatoms. The van der Waals surface area contributed by atoms with Crippen molar-refractivity contribution in [3.8, 4) is 6.01 Å². The third-order valence-corrected chi connectivity index (χ3v) is 4.49. The van der Waals surface area contributed by atoms with Gasteiger partial charge in [-0.2, -0.15) is 0 Å². The highest BCUT2D eigenvalue weighted by Crippen LogP contribution is 2.40. The van der Waals surface area contributed by atoms with Gasteiger partial charge in [0.05, 0.1) is 19.0 Å². The van der Waals surface area contributed by atoms with Crippen molar-refractivity contribution >= 4 is 5.91 Å². The lowest BCUT2D eigenvalue weighted by atomic mass is 9.90. The maximum Gasteiger partial charge on any atom is 0.316 e. The summed E-state index contributed by atoms with van der Waals surface area (Å²) in [6.07, 6.45) is 10.0. The molecule has 1 saturated heterocycles. The van der Waals surface area contributed by atoms with E-state index in [0.717, 1.165) is 18.5 Å². The molecule has 3 heterocycles. The fourth-order valence-corrected chi connectivity index (χ4v) is 3.36. The van der Waals surface area contributed by atoms with Crippen molar-refractivity contribution in [2.45, 2.75) is 24.9 Å². The Labute approximate surface area is 146 Å². The van der Waals surface area contributed by atoms with Crippen molar-refractivity contribution < 1.29 is 9.53 Å². The quantitative estimate of drug-likeness (QED) is 0.796. The van der Waals surface area contributed by atoms with Crippen molar-refractivity contribution in [1.29, 1.82) is 0 Å². The van der Waals surface area contributed by atoms with Crippen LogP contribution in [-0.2, 0) is 16.9 Å². The average Bonchev–Trinajstić information content (AvgIpc) is 3.06. The first-order chi connectivity index (χ1) is 12.1. The molecule has 1 atom stereocenters. The SMILES string of the molecule is COc1ncc(CN2CCC[C@@]2(C(=O)N(C)C)c2cnccn2)cn1. The summed E-state index contributed by atoms with van der Waals surface area (Å²) in [5.41, 5.74) is 0.792. The number of carbonyl (C=O) groups is 1. The molecule has 1 fully saturated rings. The summed E-state index contributed by atoms with van der Waals surface area (Å²) in [6, 6.07) is 0.328. The van der Waals surface area contributed by atoms with E-state index in [1.54, 1.807) is 50.0 Å². The summed E-state index contributed by atoms with van der Waals surface area (Å²) in [5, 5.41) is 0. The van der Waals surface area contributed by atoms with Gasteiger partial charge in [-0.3, -0.25) is 19.7 Å².